The van der Waals surface area contributed by atoms with Crippen molar-refractivity contribution in [2.24, 2.45) is 17.6 Å². The quantitative estimate of drug-likeness (QED) is 0.783. The lowest BCUT2D eigenvalue weighted by Gasteiger charge is -2.25. The Morgan fingerprint density at radius 1 is 1.56 bits per heavy atom. The molecule has 5 heteroatoms. The predicted octanol–water partition coefficient (Wildman–Crippen LogP) is 0.225. The van der Waals surface area contributed by atoms with Gasteiger partial charge in [-0.15, -0.1) is 0 Å². The zero-order valence-electron chi connectivity index (χ0n) is 10.5. The van der Waals surface area contributed by atoms with E-state index < -0.39 is 5.91 Å². The minimum atomic E-state index is -0.396. The van der Waals surface area contributed by atoms with Crippen molar-refractivity contribution in [3.63, 3.8) is 0 Å². The van der Waals surface area contributed by atoms with Gasteiger partial charge in [-0.1, -0.05) is 0 Å². The Hall–Kier alpha value is -1.62. The molecular formula is C13H18N4O. The molecule has 0 radical (unpaired) electrons. The average Bonchev–Trinajstić information content (AvgIpc) is 2.93. The van der Waals surface area contributed by atoms with Crippen LogP contribution in [0.2, 0.25) is 0 Å². The van der Waals surface area contributed by atoms with Gasteiger partial charge in [-0.2, -0.15) is 0 Å². The molecule has 0 aliphatic carbocycles. The summed E-state index contributed by atoms with van der Waals surface area (Å²) in [6.45, 7) is 5.41. The van der Waals surface area contributed by atoms with E-state index in [9.17, 15) is 4.79 Å². The molecule has 0 spiro atoms. The van der Waals surface area contributed by atoms with Gasteiger partial charge in [0.15, 0.2) is 0 Å². The molecule has 18 heavy (non-hydrogen) atoms. The number of nitrogens with two attached hydrogens (primary N) is 1. The molecule has 3 rings (SSSR count). The van der Waals surface area contributed by atoms with Gasteiger partial charge >= 0.3 is 0 Å². The van der Waals surface area contributed by atoms with Crippen LogP contribution < -0.4 is 16.0 Å². The van der Waals surface area contributed by atoms with Crippen LogP contribution in [0.4, 0.5) is 5.82 Å². The fraction of sp³-hybridized carbons (Fsp3) is 0.538. The molecule has 1 aromatic rings. The standard InChI is InChI=1S/C13H18N4O/c1-8-11-6-15-5-10(11)7-17(8)12-4-9(13(14)18)2-3-16-12/h2-4,8,10-11,15H,5-7H2,1H3,(H2,14,18). The maximum Gasteiger partial charge on any atom is 0.248 e. The molecule has 2 saturated heterocycles. The second-order valence-corrected chi connectivity index (χ2v) is 5.24. The van der Waals surface area contributed by atoms with Crippen LogP contribution in [0.15, 0.2) is 18.3 Å². The summed E-state index contributed by atoms with van der Waals surface area (Å²) in [5.74, 6) is 1.85. The van der Waals surface area contributed by atoms with Crippen molar-refractivity contribution in [1.82, 2.24) is 10.3 Å². The van der Waals surface area contributed by atoms with Gasteiger partial charge in [0.2, 0.25) is 5.91 Å². The van der Waals surface area contributed by atoms with Crippen LogP contribution in [0, 0.1) is 11.8 Å². The lowest BCUT2D eigenvalue weighted by Crippen LogP contribution is -2.33. The highest BCUT2D eigenvalue weighted by Crippen LogP contribution is 2.34. The first-order chi connectivity index (χ1) is 8.66. The number of fused-ring (bicyclic) bond motifs is 1. The summed E-state index contributed by atoms with van der Waals surface area (Å²) in [5, 5.41) is 3.44. The summed E-state index contributed by atoms with van der Waals surface area (Å²) >= 11 is 0. The molecule has 3 atom stereocenters. The second-order valence-electron chi connectivity index (χ2n) is 5.24. The molecule has 2 fully saturated rings. The fourth-order valence-corrected chi connectivity index (χ4v) is 3.20. The summed E-state index contributed by atoms with van der Waals surface area (Å²) in [6, 6.07) is 3.92. The normalized spacial score (nSPS) is 30.5. The number of rotatable bonds is 2. The summed E-state index contributed by atoms with van der Waals surface area (Å²) in [5.41, 5.74) is 5.84. The number of nitrogens with one attached hydrogen (secondary N) is 1. The third-order valence-electron chi connectivity index (χ3n) is 4.26. The van der Waals surface area contributed by atoms with E-state index in [0.717, 1.165) is 25.5 Å². The van der Waals surface area contributed by atoms with Crippen LogP contribution >= 0.6 is 0 Å². The van der Waals surface area contributed by atoms with Gasteiger partial charge < -0.3 is 16.0 Å². The maximum absolute atomic E-state index is 11.2. The largest absolute Gasteiger partial charge is 0.366 e. The maximum atomic E-state index is 11.2. The highest BCUT2D eigenvalue weighted by Gasteiger charge is 2.42. The summed E-state index contributed by atoms with van der Waals surface area (Å²) in [4.78, 5) is 17.9. The number of primary amides is 1. The Morgan fingerprint density at radius 2 is 2.39 bits per heavy atom. The van der Waals surface area contributed by atoms with E-state index in [1.807, 2.05) is 0 Å². The molecule has 96 valence electrons. The smallest absolute Gasteiger partial charge is 0.248 e. The lowest BCUT2D eigenvalue weighted by atomic mass is 9.95. The Morgan fingerprint density at radius 3 is 3.11 bits per heavy atom. The summed E-state index contributed by atoms with van der Waals surface area (Å²) in [6.07, 6.45) is 1.66. The summed E-state index contributed by atoms with van der Waals surface area (Å²) < 4.78 is 0. The predicted molar refractivity (Wildman–Crippen MR) is 69.4 cm³/mol. The first-order valence-corrected chi connectivity index (χ1v) is 6.40. The SMILES string of the molecule is CC1C2CNCC2CN1c1cc(C(N)=O)ccn1. The number of hydrogen-bond donors (Lipinski definition) is 2. The van der Waals surface area contributed by atoms with Crippen LogP contribution in [0.1, 0.15) is 17.3 Å². The Balaban J connectivity index is 1.87. The minimum Gasteiger partial charge on any atom is -0.366 e. The highest BCUT2D eigenvalue weighted by molar-refractivity contribution is 5.93. The van der Waals surface area contributed by atoms with Crippen molar-refractivity contribution in [2.45, 2.75) is 13.0 Å². The topological polar surface area (TPSA) is 71.2 Å². The van der Waals surface area contributed by atoms with Crippen LogP contribution in [-0.4, -0.2) is 36.6 Å². The number of pyridine rings is 1. The van der Waals surface area contributed by atoms with E-state index in [1.54, 1.807) is 18.3 Å². The minimum absolute atomic E-state index is 0.396. The van der Waals surface area contributed by atoms with Gasteiger partial charge in [-0.25, -0.2) is 4.98 Å². The van der Waals surface area contributed by atoms with Gasteiger partial charge in [0.05, 0.1) is 0 Å². The van der Waals surface area contributed by atoms with E-state index in [4.69, 9.17) is 5.73 Å². The van der Waals surface area contributed by atoms with Crippen molar-refractivity contribution >= 4 is 11.7 Å². The number of carbonyl (C=O) groups excluding carboxylic acids is 1. The molecule has 1 aromatic heterocycles. The fourth-order valence-electron chi connectivity index (χ4n) is 3.20. The van der Waals surface area contributed by atoms with Gasteiger partial charge in [0, 0.05) is 37.4 Å². The number of nitrogens with zero attached hydrogens (tertiary/aromatic N) is 2. The van der Waals surface area contributed by atoms with Gasteiger partial charge in [0.25, 0.3) is 0 Å². The van der Waals surface area contributed by atoms with Crippen molar-refractivity contribution in [2.75, 3.05) is 24.5 Å². The molecule has 1 amide bonds. The number of aromatic nitrogens is 1. The van der Waals surface area contributed by atoms with E-state index in [0.29, 0.717) is 23.4 Å². The molecule has 0 bridgehead atoms. The molecule has 3 N–H and O–H groups in total. The molecular weight excluding hydrogens is 228 g/mol. The monoisotopic (exact) mass is 246 g/mol. The van der Waals surface area contributed by atoms with Gasteiger partial charge in [-0.3, -0.25) is 4.79 Å². The van der Waals surface area contributed by atoms with Crippen LogP contribution in [-0.2, 0) is 0 Å². The number of hydrogen-bond acceptors (Lipinski definition) is 4. The Bertz CT molecular complexity index is 476. The van der Waals surface area contributed by atoms with Crippen LogP contribution in [0.5, 0.6) is 0 Å². The zero-order chi connectivity index (χ0) is 12.7. The van der Waals surface area contributed by atoms with E-state index in [2.05, 4.69) is 22.1 Å². The van der Waals surface area contributed by atoms with E-state index >= 15 is 0 Å². The Labute approximate surface area is 106 Å². The van der Waals surface area contributed by atoms with Gasteiger partial charge in [0.1, 0.15) is 5.82 Å². The number of carbonyl (C=O) groups is 1. The van der Waals surface area contributed by atoms with E-state index in [-0.39, 0.29) is 0 Å². The third-order valence-corrected chi connectivity index (χ3v) is 4.26. The van der Waals surface area contributed by atoms with Crippen molar-refractivity contribution in [3.05, 3.63) is 23.9 Å². The first-order valence-electron chi connectivity index (χ1n) is 6.40. The molecule has 3 unspecified atom stereocenters. The number of amides is 1. The molecule has 0 aromatic carbocycles. The lowest BCUT2D eigenvalue weighted by molar-refractivity contribution is 0.1000. The average molecular weight is 246 g/mol. The zero-order valence-corrected chi connectivity index (χ0v) is 10.5. The van der Waals surface area contributed by atoms with Crippen molar-refractivity contribution in [3.8, 4) is 0 Å². The Kier molecular flexibility index (Phi) is 2.70. The van der Waals surface area contributed by atoms with Gasteiger partial charge in [-0.05, 0) is 30.9 Å². The first kappa shape index (κ1) is 11.5. The van der Waals surface area contributed by atoms with Crippen LogP contribution in [0.25, 0.3) is 0 Å². The number of anilines is 1. The van der Waals surface area contributed by atoms with Crippen LogP contribution in [0.3, 0.4) is 0 Å². The second kappa shape index (κ2) is 4.24. The molecule has 5 nitrogen and oxygen atoms in total. The highest BCUT2D eigenvalue weighted by atomic mass is 16.1. The van der Waals surface area contributed by atoms with Crippen molar-refractivity contribution < 1.29 is 4.79 Å². The summed E-state index contributed by atoms with van der Waals surface area (Å²) in [7, 11) is 0. The van der Waals surface area contributed by atoms with Crippen molar-refractivity contribution in [1.29, 1.82) is 0 Å². The third kappa shape index (κ3) is 1.75. The molecule has 2 aliphatic rings. The molecule has 3 heterocycles. The van der Waals surface area contributed by atoms with E-state index in [1.165, 1.54) is 0 Å². The molecule has 0 saturated carbocycles. The molecule has 2 aliphatic heterocycles.